The van der Waals surface area contributed by atoms with Crippen molar-refractivity contribution in [3.63, 3.8) is 0 Å². The van der Waals surface area contributed by atoms with Gasteiger partial charge in [0, 0.05) is 13.1 Å². The van der Waals surface area contributed by atoms with Crippen molar-refractivity contribution in [1.29, 1.82) is 0 Å². The van der Waals surface area contributed by atoms with E-state index in [1.165, 1.54) is 0 Å². The lowest BCUT2D eigenvalue weighted by molar-refractivity contribution is -0.135. The number of aliphatic hydroxyl groups is 1. The number of carbonyl (C=O) groups excluding carboxylic acids is 1. The first kappa shape index (κ1) is 8.53. The number of aliphatic hydroxyl groups excluding tert-OH is 1. The SMILES string of the molecule is [CH2]C1CCN(C(=O)CO)CC1. The van der Waals surface area contributed by atoms with Crippen LogP contribution in [0.5, 0.6) is 0 Å². The monoisotopic (exact) mass is 156 g/mol. The van der Waals surface area contributed by atoms with Gasteiger partial charge in [-0.05, 0) is 18.8 Å². The highest BCUT2D eigenvalue weighted by Gasteiger charge is 2.18. The Bertz CT molecular complexity index is 139. The van der Waals surface area contributed by atoms with Gasteiger partial charge in [-0.1, -0.05) is 6.92 Å². The molecule has 0 unspecified atom stereocenters. The van der Waals surface area contributed by atoms with E-state index < -0.39 is 0 Å². The van der Waals surface area contributed by atoms with Gasteiger partial charge in [0.2, 0.25) is 5.91 Å². The molecule has 0 aromatic heterocycles. The maximum absolute atomic E-state index is 10.9. The number of hydrogen-bond donors (Lipinski definition) is 1. The van der Waals surface area contributed by atoms with E-state index in [0.29, 0.717) is 5.92 Å². The van der Waals surface area contributed by atoms with Crippen LogP contribution >= 0.6 is 0 Å². The van der Waals surface area contributed by atoms with Crippen LogP contribution in [0, 0.1) is 12.8 Å². The second-order valence-corrected chi connectivity index (χ2v) is 2.98. The molecule has 1 saturated heterocycles. The topological polar surface area (TPSA) is 40.5 Å². The largest absolute Gasteiger partial charge is 0.387 e. The average Bonchev–Trinajstić information content (AvgIpc) is 2.05. The lowest BCUT2D eigenvalue weighted by atomic mass is 9.99. The molecule has 0 aliphatic carbocycles. The number of rotatable bonds is 1. The van der Waals surface area contributed by atoms with Crippen LogP contribution in [-0.4, -0.2) is 35.6 Å². The summed E-state index contributed by atoms with van der Waals surface area (Å²) in [4.78, 5) is 12.6. The summed E-state index contributed by atoms with van der Waals surface area (Å²) in [7, 11) is 0. The molecule has 0 saturated carbocycles. The molecule has 0 spiro atoms. The van der Waals surface area contributed by atoms with Gasteiger partial charge in [-0.2, -0.15) is 0 Å². The van der Waals surface area contributed by atoms with Crippen molar-refractivity contribution in [2.24, 2.45) is 5.92 Å². The summed E-state index contributed by atoms with van der Waals surface area (Å²) in [6.45, 7) is 5.07. The number of carbonyl (C=O) groups is 1. The summed E-state index contributed by atoms with van der Waals surface area (Å²) in [5.74, 6) is 0.328. The Hall–Kier alpha value is -0.570. The first-order chi connectivity index (χ1) is 5.24. The Morgan fingerprint density at radius 1 is 1.55 bits per heavy atom. The third-order valence-electron chi connectivity index (χ3n) is 2.10. The van der Waals surface area contributed by atoms with Crippen molar-refractivity contribution in [1.82, 2.24) is 4.90 Å². The van der Waals surface area contributed by atoms with Crippen molar-refractivity contribution in [2.45, 2.75) is 12.8 Å². The summed E-state index contributed by atoms with van der Waals surface area (Å²) in [5.41, 5.74) is 0. The maximum atomic E-state index is 10.9. The Kier molecular flexibility index (Phi) is 2.88. The molecule has 0 bridgehead atoms. The van der Waals surface area contributed by atoms with Crippen LogP contribution in [0.25, 0.3) is 0 Å². The predicted octanol–water partition coefficient (Wildman–Crippen LogP) is 0.0514. The maximum Gasteiger partial charge on any atom is 0.248 e. The van der Waals surface area contributed by atoms with Gasteiger partial charge in [0.15, 0.2) is 0 Å². The van der Waals surface area contributed by atoms with E-state index in [1.54, 1.807) is 4.90 Å². The Morgan fingerprint density at radius 3 is 2.55 bits per heavy atom. The lowest BCUT2D eigenvalue weighted by Gasteiger charge is -2.29. The van der Waals surface area contributed by atoms with E-state index in [1.807, 2.05) is 0 Å². The van der Waals surface area contributed by atoms with Crippen LogP contribution in [0.4, 0.5) is 0 Å². The summed E-state index contributed by atoms with van der Waals surface area (Å²) in [6.07, 6.45) is 1.93. The molecule has 1 N–H and O–H groups in total. The zero-order chi connectivity index (χ0) is 8.27. The molecule has 0 atom stereocenters. The quantitative estimate of drug-likeness (QED) is 0.583. The Balaban J connectivity index is 2.33. The van der Waals surface area contributed by atoms with Crippen LogP contribution in [0.15, 0.2) is 0 Å². The molecule has 1 aliphatic heterocycles. The molecule has 0 aromatic rings. The van der Waals surface area contributed by atoms with Gasteiger partial charge in [-0.25, -0.2) is 0 Å². The van der Waals surface area contributed by atoms with E-state index in [4.69, 9.17) is 5.11 Å². The van der Waals surface area contributed by atoms with Crippen molar-refractivity contribution in [3.05, 3.63) is 6.92 Å². The minimum absolute atomic E-state index is 0.156. The molecule has 1 aliphatic rings. The zero-order valence-electron chi connectivity index (χ0n) is 6.62. The highest BCUT2D eigenvalue weighted by atomic mass is 16.3. The van der Waals surface area contributed by atoms with Gasteiger partial charge in [0.25, 0.3) is 0 Å². The third kappa shape index (κ3) is 2.19. The van der Waals surface area contributed by atoms with E-state index in [9.17, 15) is 4.79 Å². The molecule has 1 radical (unpaired) electrons. The third-order valence-corrected chi connectivity index (χ3v) is 2.10. The fourth-order valence-electron chi connectivity index (χ4n) is 1.28. The molecule has 1 rings (SSSR count). The summed E-state index contributed by atoms with van der Waals surface area (Å²) < 4.78 is 0. The number of amides is 1. The van der Waals surface area contributed by atoms with Crippen molar-refractivity contribution < 1.29 is 9.90 Å². The molecule has 1 heterocycles. The molecule has 11 heavy (non-hydrogen) atoms. The fraction of sp³-hybridized carbons (Fsp3) is 0.750. The normalized spacial score (nSPS) is 20.4. The number of hydrogen-bond acceptors (Lipinski definition) is 2. The predicted molar refractivity (Wildman–Crippen MR) is 41.7 cm³/mol. The van der Waals surface area contributed by atoms with Crippen molar-refractivity contribution in [3.8, 4) is 0 Å². The molecule has 0 aromatic carbocycles. The molecule has 3 nitrogen and oxygen atoms in total. The molecule has 3 heteroatoms. The van der Waals surface area contributed by atoms with Gasteiger partial charge in [0.05, 0.1) is 0 Å². The van der Waals surface area contributed by atoms with Crippen LogP contribution in [0.2, 0.25) is 0 Å². The van der Waals surface area contributed by atoms with E-state index >= 15 is 0 Å². The van der Waals surface area contributed by atoms with Gasteiger partial charge in [0.1, 0.15) is 6.61 Å². The van der Waals surface area contributed by atoms with Crippen LogP contribution < -0.4 is 0 Å². The second kappa shape index (κ2) is 3.72. The van der Waals surface area contributed by atoms with Gasteiger partial charge in [-0.15, -0.1) is 0 Å². The number of nitrogens with zero attached hydrogens (tertiary/aromatic N) is 1. The molecular formula is C8H14NO2. The summed E-state index contributed by atoms with van der Waals surface area (Å²) in [6, 6.07) is 0. The first-order valence-electron chi connectivity index (χ1n) is 3.95. The highest BCUT2D eigenvalue weighted by Crippen LogP contribution is 2.15. The lowest BCUT2D eigenvalue weighted by Crippen LogP contribution is -2.39. The number of likely N-dealkylation sites (tertiary alicyclic amines) is 1. The zero-order valence-corrected chi connectivity index (χ0v) is 6.62. The van der Waals surface area contributed by atoms with Crippen molar-refractivity contribution in [2.75, 3.05) is 19.7 Å². The summed E-state index contributed by atoms with van der Waals surface area (Å²) >= 11 is 0. The fourth-order valence-corrected chi connectivity index (χ4v) is 1.28. The molecule has 63 valence electrons. The van der Waals surface area contributed by atoms with E-state index in [-0.39, 0.29) is 12.5 Å². The average molecular weight is 156 g/mol. The van der Waals surface area contributed by atoms with Gasteiger partial charge < -0.3 is 10.0 Å². The molecular weight excluding hydrogens is 142 g/mol. The van der Waals surface area contributed by atoms with E-state index in [0.717, 1.165) is 25.9 Å². The van der Waals surface area contributed by atoms with Crippen molar-refractivity contribution >= 4 is 5.91 Å². The van der Waals surface area contributed by atoms with Gasteiger partial charge >= 0.3 is 0 Å². The van der Waals surface area contributed by atoms with Crippen LogP contribution in [-0.2, 0) is 4.79 Å². The number of piperidine rings is 1. The smallest absolute Gasteiger partial charge is 0.248 e. The Labute approximate surface area is 67.0 Å². The van der Waals surface area contributed by atoms with E-state index in [2.05, 4.69) is 6.92 Å². The minimum Gasteiger partial charge on any atom is -0.387 e. The first-order valence-corrected chi connectivity index (χ1v) is 3.95. The van der Waals surface area contributed by atoms with Gasteiger partial charge in [-0.3, -0.25) is 4.79 Å². The van der Waals surface area contributed by atoms with Crippen LogP contribution in [0.3, 0.4) is 0 Å². The highest BCUT2D eigenvalue weighted by molar-refractivity contribution is 5.77. The minimum atomic E-state index is -0.359. The molecule has 1 fully saturated rings. The Morgan fingerprint density at radius 2 is 2.09 bits per heavy atom. The summed E-state index contributed by atoms with van der Waals surface area (Å²) in [5, 5.41) is 8.55. The molecule has 1 amide bonds. The van der Waals surface area contributed by atoms with Crippen LogP contribution in [0.1, 0.15) is 12.8 Å². The second-order valence-electron chi connectivity index (χ2n) is 2.98. The standard InChI is InChI=1S/C8H14NO2/c1-7-2-4-9(5-3-7)8(11)6-10/h7,10H,1-6H2.